The second-order valence-electron chi connectivity index (χ2n) is 5.64. The van der Waals surface area contributed by atoms with Gasteiger partial charge in [-0.05, 0) is 20.1 Å². The van der Waals surface area contributed by atoms with Gasteiger partial charge in [-0.2, -0.15) is 4.37 Å². The Morgan fingerprint density at radius 3 is 2.46 bits per heavy atom. The number of ether oxygens (including phenoxy) is 1. The van der Waals surface area contributed by atoms with Crippen molar-refractivity contribution in [1.29, 1.82) is 0 Å². The third kappa shape index (κ3) is 3.62. The molecule has 0 radical (unpaired) electrons. The first-order valence-corrected chi connectivity index (χ1v) is 9.83. The Morgan fingerprint density at radius 1 is 1.08 bits per heavy atom. The van der Waals surface area contributed by atoms with Gasteiger partial charge < -0.3 is 14.5 Å². The van der Waals surface area contributed by atoms with Crippen LogP contribution in [0.2, 0.25) is 0 Å². The topological polar surface area (TPSA) is 67.3 Å². The second-order valence-corrected chi connectivity index (χ2v) is 7.15. The van der Waals surface area contributed by atoms with Crippen LogP contribution >= 0.6 is 23.3 Å². The van der Waals surface area contributed by atoms with Crippen molar-refractivity contribution in [2.75, 3.05) is 49.3 Å². The number of hydrogen-bond acceptors (Lipinski definition) is 9. The monoisotopic (exact) mass is 366 g/mol. The summed E-state index contributed by atoms with van der Waals surface area (Å²) in [5.74, 6) is 1.82. The van der Waals surface area contributed by atoms with Crippen LogP contribution in [0.5, 0.6) is 0 Å². The Balaban J connectivity index is 1.69. The van der Waals surface area contributed by atoms with Crippen LogP contribution in [0.15, 0.2) is 5.16 Å². The molecule has 3 rings (SSSR count). The van der Waals surface area contributed by atoms with Crippen LogP contribution < -0.4 is 9.80 Å². The van der Waals surface area contributed by atoms with E-state index in [0.29, 0.717) is 6.61 Å². The predicted molar refractivity (Wildman–Crippen MR) is 98.3 cm³/mol. The Kier molecular flexibility index (Phi) is 5.52. The zero-order valence-electron chi connectivity index (χ0n) is 14.4. The third-order valence-corrected chi connectivity index (χ3v) is 5.47. The largest absolute Gasteiger partial charge is 0.377 e. The number of aromatic nitrogens is 4. The summed E-state index contributed by atoms with van der Waals surface area (Å²) in [6, 6.07) is 0. The normalized spacial score (nSPS) is 15.2. The van der Waals surface area contributed by atoms with Crippen LogP contribution in [0.3, 0.4) is 0 Å². The molecule has 0 aromatic carbocycles. The number of thioether (sulfide) groups is 1. The number of methoxy groups -OCH3 is 1. The first-order chi connectivity index (χ1) is 11.6. The summed E-state index contributed by atoms with van der Waals surface area (Å²) in [6.45, 7) is 8.29. The molecule has 24 heavy (non-hydrogen) atoms. The molecule has 0 amide bonds. The number of aryl methyl sites for hydroxylation is 1. The lowest BCUT2D eigenvalue weighted by atomic mass is 10.2. The van der Waals surface area contributed by atoms with Crippen LogP contribution in [0.4, 0.5) is 10.9 Å². The first kappa shape index (κ1) is 17.4. The van der Waals surface area contributed by atoms with Gasteiger partial charge in [0.15, 0.2) is 11.0 Å². The molecule has 0 N–H and O–H groups in total. The van der Waals surface area contributed by atoms with Gasteiger partial charge in [0, 0.05) is 56.1 Å². The van der Waals surface area contributed by atoms with E-state index in [1.165, 1.54) is 17.1 Å². The van der Waals surface area contributed by atoms with Crippen LogP contribution in [-0.4, -0.2) is 58.9 Å². The van der Waals surface area contributed by atoms with E-state index in [-0.39, 0.29) is 0 Å². The Hall–Kier alpha value is -1.45. The van der Waals surface area contributed by atoms with Crippen molar-refractivity contribution >= 4 is 34.2 Å². The molecular weight excluding hydrogens is 344 g/mol. The molecule has 0 spiro atoms. The fourth-order valence-electron chi connectivity index (χ4n) is 2.66. The molecule has 9 heteroatoms. The first-order valence-electron chi connectivity index (χ1n) is 7.83. The van der Waals surface area contributed by atoms with E-state index in [9.17, 15) is 0 Å². The maximum absolute atomic E-state index is 5.09. The summed E-state index contributed by atoms with van der Waals surface area (Å²) < 4.78 is 9.42. The highest BCUT2D eigenvalue weighted by atomic mass is 32.2. The van der Waals surface area contributed by atoms with Crippen molar-refractivity contribution in [1.82, 2.24) is 19.3 Å². The zero-order chi connectivity index (χ0) is 17.1. The van der Waals surface area contributed by atoms with Crippen LogP contribution in [0.25, 0.3) is 0 Å². The lowest BCUT2D eigenvalue weighted by Gasteiger charge is -2.35. The number of rotatable bonds is 5. The summed E-state index contributed by atoms with van der Waals surface area (Å²) in [5, 5.41) is 1.81. The summed E-state index contributed by atoms with van der Waals surface area (Å²) in [4.78, 5) is 18.4. The maximum atomic E-state index is 5.09. The molecule has 1 fully saturated rings. The van der Waals surface area contributed by atoms with E-state index in [1.54, 1.807) is 18.9 Å². The quantitative estimate of drug-likeness (QED) is 0.589. The van der Waals surface area contributed by atoms with E-state index in [0.717, 1.165) is 53.8 Å². The van der Waals surface area contributed by atoms with Crippen molar-refractivity contribution in [2.45, 2.75) is 25.6 Å². The average molecular weight is 367 g/mol. The number of piperazine rings is 1. The van der Waals surface area contributed by atoms with Crippen LogP contribution in [0, 0.1) is 13.8 Å². The molecule has 130 valence electrons. The summed E-state index contributed by atoms with van der Waals surface area (Å²) >= 11 is 3.03. The molecule has 0 unspecified atom stereocenters. The minimum Gasteiger partial charge on any atom is -0.377 e. The van der Waals surface area contributed by atoms with Crippen LogP contribution in [-0.2, 0) is 11.3 Å². The number of nitrogens with zero attached hydrogens (tertiary/aromatic N) is 6. The Labute approximate surface area is 150 Å². The van der Waals surface area contributed by atoms with Gasteiger partial charge in [-0.15, -0.1) is 0 Å². The lowest BCUT2D eigenvalue weighted by Crippen LogP contribution is -2.47. The van der Waals surface area contributed by atoms with Crippen molar-refractivity contribution < 1.29 is 4.74 Å². The van der Waals surface area contributed by atoms with Gasteiger partial charge in [-0.25, -0.2) is 15.0 Å². The van der Waals surface area contributed by atoms with Crippen molar-refractivity contribution in [3.05, 3.63) is 17.1 Å². The number of hydrogen-bond donors (Lipinski definition) is 0. The second kappa shape index (κ2) is 7.62. The molecule has 7 nitrogen and oxygen atoms in total. The minimum absolute atomic E-state index is 0.466. The fraction of sp³-hybridized carbons (Fsp3) is 0.600. The molecule has 1 saturated heterocycles. The highest BCUT2D eigenvalue weighted by molar-refractivity contribution is 7.98. The van der Waals surface area contributed by atoms with Gasteiger partial charge in [0.1, 0.15) is 12.4 Å². The van der Waals surface area contributed by atoms with Gasteiger partial charge in [-0.1, -0.05) is 11.8 Å². The molecule has 3 heterocycles. The third-order valence-electron chi connectivity index (χ3n) is 4.11. The Morgan fingerprint density at radius 2 is 1.79 bits per heavy atom. The standard InChI is InChI=1S/C15H22N6OS2/c1-10-11(2)16-14(23-4)18-13(10)20-5-7-21(8-6-20)15-17-12(9-22-3)19-24-15/h5-9H2,1-4H3. The molecule has 0 bridgehead atoms. The summed E-state index contributed by atoms with van der Waals surface area (Å²) in [5.41, 5.74) is 2.22. The zero-order valence-corrected chi connectivity index (χ0v) is 16.1. The number of anilines is 2. The van der Waals surface area contributed by atoms with Crippen LogP contribution in [0.1, 0.15) is 17.1 Å². The smallest absolute Gasteiger partial charge is 0.205 e. The molecular formula is C15H22N6OS2. The SMILES string of the molecule is COCc1nsc(N2CCN(c3nc(SC)nc(C)c3C)CC2)n1. The van der Waals surface area contributed by atoms with E-state index in [2.05, 4.69) is 38.0 Å². The van der Waals surface area contributed by atoms with Crippen molar-refractivity contribution in [2.24, 2.45) is 0 Å². The lowest BCUT2D eigenvalue weighted by molar-refractivity contribution is 0.179. The minimum atomic E-state index is 0.466. The average Bonchev–Trinajstić information content (AvgIpc) is 3.06. The Bertz CT molecular complexity index is 699. The molecule has 0 saturated carbocycles. The van der Waals surface area contributed by atoms with E-state index >= 15 is 0 Å². The summed E-state index contributed by atoms with van der Waals surface area (Å²) in [6.07, 6.45) is 2.01. The van der Waals surface area contributed by atoms with Crippen molar-refractivity contribution in [3.63, 3.8) is 0 Å². The fourth-order valence-corrected chi connectivity index (χ4v) is 3.79. The van der Waals surface area contributed by atoms with Gasteiger partial charge in [-0.3, -0.25) is 0 Å². The molecule has 2 aromatic heterocycles. The molecule has 1 aliphatic heterocycles. The highest BCUT2D eigenvalue weighted by Gasteiger charge is 2.23. The van der Waals surface area contributed by atoms with Crippen molar-refractivity contribution in [3.8, 4) is 0 Å². The summed E-state index contributed by atoms with van der Waals surface area (Å²) in [7, 11) is 1.66. The van der Waals surface area contributed by atoms with Gasteiger partial charge in [0.2, 0.25) is 5.13 Å². The molecule has 1 aliphatic rings. The molecule has 2 aromatic rings. The van der Waals surface area contributed by atoms with E-state index in [4.69, 9.17) is 9.72 Å². The molecule has 0 atom stereocenters. The van der Waals surface area contributed by atoms with Gasteiger partial charge >= 0.3 is 0 Å². The highest BCUT2D eigenvalue weighted by Crippen LogP contribution is 2.26. The molecule has 0 aliphatic carbocycles. The van der Waals surface area contributed by atoms with E-state index < -0.39 is 0 Å². The maximum Gasteiger partial charge on any atom is 0.205 e. The van der Waals surface area contributed by atoms with Gasteiger partial charge in [0.25, 0.3) is 0 Å². The van der Waals surface area contributed by atoms with E-state index in [1.807, 2.05) is 6.26 Å². The predicted octanol–water partition coefficient (Wildman–Crippen LogP) is 2.14. The van der Waals surface area contributed by atoms with Gasteiger partial charge in [0.05, 0.1) is 0 Å².